The lowest BCUT2D eigenvalue weighted by molar-refractivity contribution is 0.100. The Hall–Kier alpha value is -2.15. The Balaban J connectivity index is 2.09. The van der Waals surface area contributed by atoms with E-state index < -0.39 is 11.7 Å². The molecule has 1 aliphatic rings. The van der Waals surface area contributed by atoms with Crippen LogP contribution in [0.25, 0.3) is 11.0 Å². The Morgan fingerprint density at radius 2 is 2.11 bits per heavy atom. The topological polar surface area (TPSA) is 87.0 Å². The smallest absolute Gasteiger partial charge is 0.251 e. The minimum absolute atomic E-state index is 0.104. The second-order valence-electron chi connectivity index (χ2n) is 4.51. The van der Waals surface area contributed by atoms with E-state index in [1.165, 1.54) is 6.07 Å². The molecule has 1 fully saturated rings. The fourth-order valence-corrected chi connectivity index (χ4v) is 2.28. The van der Waals surface area contributed by atoms with Gasteiger partial charge in [-0.05, 0) is 12.1 Å². The van der Waals surface area contributed by atoms with Crippen LogP contribution in [0.4, 0.5) is 10.3 Å². The Labute approximate surface area is 108 Å². The predicted molar refractivity (Wildman–Crippen MR) is 69.7 cm³/mol. The molecule has 100 valence electrons. The normalized spacial score (nSPS) is 15.9. The molecule has 6 nitrogen and oxygen atoms in total. The molecule has 1 saturated heterocycles. The summed E-state index contributed by atoms with van der Waals surface area (Å²) in [6, 6.07) is 2.44. The van der Waals surface area contributed by atoms with Crippen molar-refractivity contribution in [1.29, 1.82) is 0 Å². The van der Waals surface area contributed by atoms with E-state index in [1.54, 1.807) is 0 Å². The van der Waals surface area contributed by atoms with Gasteiger partial charge in [-0.2, -0.15) is 0 Å². The number of hydrogen-bond donors (Lipinski definition) is 3. The number of fused-ring (bicyclic) bond motifs is 1. The molecule has 19 heavy (non-hydrogen) atoms. The summed E-state index contributed by atoms with van der Waals surface area (Å²) >= 11 is 0. The number of benzene rings is 1. The number of carbonyl (C=O) groups excluding carboxylic acids is 1. The summed E-state index contributed by atoms with van der Waals surface area (Å²) in [6.45, 7) is 3.37. The van der Waals surface area contributed by atoms with Gasteiger partial charge in [0.15, 0.2) is 0 Å². The Morgan fingerprint density at radius 3 is 2.79 bits per heavy atom. The maximum absolute atomic E-state index is 13.4. The van der Waals surface area contributed by atoms with Gasteiger partial charge in [0.2, 0.25) is 5.95 Å². The summed E-state index contributed by atoms with van der Waals surface area (Å²) < 4.78 is 13.4. The van der Waals surface area contributed by atoms with Crippen LogP contribution in [-0.4, -0.2) is 42.1 Å². The van der Waals surface area contributed by atoms with Gasteiger partial charge in [0.1, 0.15) is 11.3 Å². The molecule has 4 N–H and O–H groups in total. The van der Waals surface area contributed by atoms with Crippen LogP contribution in [0.2, 0.25) is 0 Å². The van der Waals surface area contributed by atoms with Crippen molar-refractivity contribution in [3.63, 3.8) is 0 Å². The molecule has 1 aliphatic heterocycles. The summed E-state index contributed by atoms with van der Waals surface area (Å²) in [6.07, 6.45) is 0. The van der Waals surface area contributed by atoms with E-state index >= 15 is 0 Å². The number of anilines is 1. The van der Waals surface area contributed by atoms with E-state index in [0.717, 1.165) is 32.2 Å². The molecule has 1 aromatic carbocycles. The van der Waals surface area contributed by atoms with Crippen LogP contribution in [0.3, 0.4) is 0 Å². The zero-order valence-corrected chi connectivity index (χ0v) is 10.2. The molecule has 1 aromatic heterocycles. The summed E-state index contributed by atoms with van der Waals surface area (Å²) in [7, 11) is 0. The third-order valence-corrected chi connectivity index (χ3v) is 3.22. The highest BCUT2D eigenvalue weighted by atomic mass is 19.1. The second kappa shape index (κ2) is 4.51. The molecule has 0 atom stereocenters. The van der Waals surface area contributed by atoms with E-state index in [1.807, 2.05) is 0 Å². The molecule has 3 rings (SSSR count). The number of carbonyl (C=O) groups is 1. The summed E-state index contributed by atoms with van der Waals surface area (Å²) in [5.41, 5.74) is 6.26. The van der Waals surface area contributed by atoms with Crippen LogP contribution in [-0.2, 0) is 0 Å². The van der Waals surface area contributed by atoms with Gasteiger partial charge in [0.25, 0.3) is 5.91 Å². The lowest BCUT2D eigenvalue weighted by Gasteiger charge is -2.26. The van der Waals surface area contributed by atoms with Gasteiger partial charge < -0.3 is 20.9 Å². The van der Waals surface area contributed by atoms with E-state index in [0.29, 0.717) is 17.0 Å². The first-order valence-electron chi connectivity index (χ1n) is 6.10. The molecule has 0 bridgehead atoms. The molecule has 0 saturated carbocycles. The summed E-state index contributed by atoms with van der Waals surface area (Å²) in [5, 5.41) is 3.24. The lowest BCUT2D eigenvalue weighted by Crippen LogP contribution is -2.44. The van der Waals surface area contributed by atoms with Crippen LogP contribution < -0.4 is 16.0 Å². The first-order chi connectivity index (χ1) is 9.15. The fraction of sp³-hybridized carbons (Fsp3) is 0.333. The quantitative estimate of drug-likeness (QED) is 0.723. The first kappa shape index (κ1) is 11.9. The molecular weight excluding hydrogens is 249 g/mol. The van der Waals surface area contributed by atoms with Crippen molar-refractivity contribution in [2.45, 2.75) is 0 Å². The average Bonchev–Trinajstić information content (AvgIpc) is 2.82. The zero-order valence-electron chi connectivity index (χ0n) is 10.2. The molecule has 7 heteroatoms. The van der Waals surface area contributed by atoms with Crippen molar-refractivity contribution in [2.24, 2.45) is 5.73 Å². The number of nitrogens with zero attached hydrogens (tertiary/aromatic N) is 2. The van der Waals surface area contributed by atoms with Crippen molar-refractivity contribution >= 4 is 22.9 Å². The highest BCUT2D eigenvalue weighted by Crippen LogP contribution is 2.22. The predicted octanol–water partition coefficient (Wildman–Crippen LogP) is 0.210. The van der Waals surface area contributed by atoms with Crippen molar-refractivity contribution < 1.29 is 9.18 Å². The van der Waals surface area contributed by atoms with E-state index in [2.05, 4.69) is 20.2 Å². The van der Waals surface area contributed by atoms with E-state index in [9.17, 15) is 9.18 Å². The molecule has 2 aromatic rings. The standard InChI is InChI=1S/C12H14FN5O/c13-7-5-8(11(14)19)10-9(6-7)16-12(17-10)18-3-1-15-2-4-18/h5-6,15H,1-4H2,(H2,14,19)(H,16,17). The van der Waals surface area contributed by atoms with Crippen LogP contribution >= 0.6 is 0 Å². The number of primary amides is 1. The SMILES string of the molecule is NC(=O)c1cc(F)cc2[nH]c(N3CCNCC3)nc12. The minimum Gasteiger partial charge on any atom is -0.366 e. The van der Waals surface area contributed by atoms with Crippen molar-refractivity contribution in [3.05, 3.63) is 23.5 Å². The third-order valence-electron chi connectivity index (χ3n) is 3.22. The molecule has 0 radical (unpaired) electrons. The number of rotatable bonds is 2. The van der Waals surface area contributed by atoms with Crippen molar-refractivity contribution in [3.8, 4) is 0 Å². The highest BCUT2D eigenvalue weighted by molar-refractivity contribution is 6.04. The van der Waals surface area contributed by atoms with Gasteiger partial charge in [-0.25, -0.2) is 9.37 Å². The van der Waals surface area contributed by atoms with Gasteiger partial charge >= 0.3 is 0 Å². The molecule has 1 amide bonds. The fourth-order valence-electron chi connectivity index (χ4n) is 2.28. The maximum atomic E-state index is 13.4. The number of nitrogens with two attached hydrogens (primary N) is 1. The number of H-pyrrole nitrogens is 1. The van der Waals surface area contributed by atoms with E-state index in [-0.39, 0.29) is 5.56 Å². The molecule has 0 spiro atoms. The van der Waals surface area contributed by atoms with Gasteiger partial charge in [-0.15, -0.1) is 0 Å². The largest absolute Gasteiger partial charge is 0.366 e. The van der Waals surface area contributed by atoms with Crippen LogP contribution in [0.15, 0.2) is 12.1 Å². The Kier molecular flexibility index (Phi) is 2.83. The van der Waals surface area contributed by atoms with Crippen LogP contribution in [0.1, 0.15) is 10.4 Å². The van der Waals surface area contributed by atoms with E-state index in [4.69, 9.17) is 5.73 Å². The molecular formula is C12H14FN5O. The number of aromatic nitrogens is 2. The summed E-state index contributed by atoms with van der Waals surface area (Å²) in [4.78, 5) is 20.8. The van der Waals surface area contributed by atoms with Gasteiger partial charge in [-0.1, -0.05) is 0 Å². The number of nitrogens with one attached hydrogen (secondary N) is 2. The second-order valence-corrected chi connectivity index (χ2v) is 4.51. The van der Waals surface area contributed by atoms with Gasteiger partial charge in [-0.3, -0.25) is 4.79 Å². The Morgan fingerprint density at radius 1 is 1.37 bits per heavy atom. The van der Waals surface area contributed by atoms with Crippen molar-refractivity contribution in [2.75, 3.05) is 31.1 Å². The Bertz CT molecular complexity index is 632. The number of imidazole rings is 1. The zero-order chi connectivity index (χ0) is 13.4. The number of aromatic amines is 1. The average molecular weight is 263 g/mol. The highest BCUT2D eigenvalue weighted by Gasteiger charge is 2.18. The van der Waals surface area contributed by atoms with Gasteiger partial charge in [0, 0.05) is 26.2 Å². The number of amides is 1. The van der Waals surface area contributed by atoms with Crippen molar-refractivity contribution in [1.82, 2.24) is 15.3 Å². The monoisotopic (exact) mass is 263 g/mol. The molecule has 2 heterocycles. The van der Waals surface area contributed by atoms with Gasteiger partial charge in [0.05, 0.1) is 11.1 Å². The number of hydrogen-bond acceptors (Lipinski definition) is 4. The van der Waals surface area contributed by atoms with Crippen LogP contribution in [0, 0.1) is 5.82 Å². The summed E-state index contributed by atoms with van der Waals surface area (Å²) in [5.74, 6) is -0.538. The maximum Gasteiger partial charge on any atom is 0.251 e. The third kappa shape index (κ3) is 2.12. The first-order valence-corrected chi connectivity index (χ1v) is 6.10. The van der Waals surface area contributed by atoms with Crippen LogP contribution in [0.5, 0.6) is 0 Å². The lowest BCUT2D eigenvalue weighted by atomic mass is 10.1. The minimum atomic E-state index is -0.678. The molecule has 0 unspecified atom stereocenters. The molecule has 0 aliphatic carbocycles. The number of halogens is 1. The number of piperazine rings is 1.